The number of aromatic nitrogens is 2. The number of carbonyl (C=O) groups is 1. The predicted molar refractivity (Wildman–Crippen MR) is 66.5 cm³/mol. The Morgan fingerprint density at radius 1 is 1.61 bits per heavy atom. The molecule has 0 aliphatic rings. The molecule has 0 aromatic carbocycles. The summed E-state index contributed by atoms with van der Waals surface area (Å²) in [7, 11) is 1.35. The molecule has 6 nitrogen and oxygen atoms in total. The zero-order chi connectivity index (χ0) is 13.1. The van der Waals surface area contributed by atoms with Gasteiger partial charge in [0.1, 0.15) is 5.52 Å². The average molecular weight is 270 g/mol. The molecule has 0 fully saturated rings. The second-order valence-electron chi connectivity index (χ2n) is 3.80. The molecule has 2 aromatic rings. The molecule has 7 heteroatoms. The van der Waals surface area contributed by atoms with E-state index >= 15 is 0 Å². The van der Waals surface area contributed by atoms with Crippen LogP contribution in [0.25, 0.3) is 11.1 Å². The van der Waals surface area contributed by atoms with Crippen molar-refractivity contribution in [1.82, 2.24) is 9.97 Å². The van der Waals surface area contributed by atoms with E-state index in [1.165, 1.54) is 13.4 Å². The van der Waals surface area contributed by atoms with Gasteiger partial charge in [-0.05, 0) is 18.5 Å². The van der Waals surface area contributed by atoms with E-state index in [9.17, 15) is 4.79 Å². The molecule has 1 N–H and O–H groups in total. The van der Waals surface area contributed by atoms with Crippen molar-refractivity contribution in [1.29, 1.82) is 0 Å². The van der Waals surface area contributed by atoms with Gasteiger partial charge < -0.3 is 14.5 Å². The van der Waals surface area contributed by atoms with Crippen LogP contribution in [0.4, 0.5) is 5.82 Å². The van der Waals surface area contributed by atoms with E-state index in [1.807, 2.05) is 6.92 Å². The Hall–Kier alpha value is -1.82. The molecule has 2 rings (SSSR count). The highest BCUT2D eigenvalue weighted by Gasteiger charge is 2.14. The molecule has 18 heavy (non-hydrogen) atoms. The van der Waals surface area contributed by atoms with Gasteiger partial charge in [-0.3, -0.25) is 4.79 Å². The second-order valence-corrected chi connectivity index (χ2v) is 4.14. The number of methoxy groups -OCH3 is 1. The number of anilines is 1. The van der Waals surface area contributed by atoms with Crippen LogP contribution < -0.4 is 5.32 Å². The molecule has 0 amide bonds. The summed E-state index contributed by atoms with van der Waals surface area (Å²) in [6.45, 7) is 1.84. The number of hydrogen-bond donors (Lipinski definition) is 1. The summed E-state index contributed by atoms with van der Waals surface area (Å²) in [6.07, 6.45) is 1.73. The minimum atomic E-state index is -0.300. The number of nitrogens with zero attached hydrogens (tertiary/aromatic N) is 2. The molecule has 0 spiro atoms. The summed E-state index contributed by atoms with van der Waals surface area (Å²) in [6, 6.07) is 1.54. The van der Waals surface area contributed by atoms with Crippen LogP contribution in [-0.2, 0) is 9.53 Å². The van der Waals surface area contributed by atoms with Crippen LogP contribution in [-0.4, -0.2) is 29.1 Å². The van der Waals surface area contributed by atoms with Crippen LogP contribution in [0.15, 0.2) is 16.7 Å². The average Bonchev–Trinajstić information content (AvgIpc) is 2.76. The van der Waals surface area contributed by atoms with Crippen LogP contribution >= 0.6 is 11.6 Å². The maximum atomic E-state index is 11.1. The lowest BCUT2D eigenvalue weighted by Gasteiger charge is -2.13. The monoisotopic (exact) mass is 269 g/mol. The molecule has 96 valence electrons. The quantitative estimate of drug-likeness (QED) is 0.677. The topological polar surface area (TPSA) is 77.2 Å². The van der Waals surface area contributed by atoms with Gasteiger partial charge in [0.25, 0.3) is 0 Å². The Balaban J connectivity index is 2.20. The molecule has 2 heterocycles. The number of rotatable bonds is 4. The van der Waals surface area contributed by atoms with Crippen molar-refractivity contribution in [2.45, 2.75) is 19.4 Å². The first-order chi connectivity index (χ1) is 8.60. The summed E-state index contributed by atoms with van der Waals surface area (Å²) < 4.78 is 9.87. The number of fused-ring (bicyclic) bond motifs is 1. The molecular formula is C11H12ClN3O3. The van der Waals surface area contributed by atoms with Gasteiger partial charge in [-0.2, -0.15) is 4.98 Å². The second kappa shape index (κ2) is 5.22. The Bertz CT molecular complexity index is 570. The van der Waals surface area contributed by atoms with Crippen LogP contribution in [0.2, 0.25) is 5.28 Å². The standard InChI is InChI=1S/C11H12ClN3O3/c1-6(5-8(16)17-2)13-10-9-7(3-4-18-9)14-11(12)15-10/h3-4,6H,5H2,1-2H3,(H,13,14,15)/t6-/m1/s1. The van der Waals surface area contributed by atoms with Gasteiger partial charge in [0.15, 0.2) is 11.4 Å². The van der Waals surface area contributed by atoms with Crippen molar-refractivity contribution in [3.8, 4) is 0 Å². The molecule has 0 saturated carbocycles. The first-order valence-electron chi connectivity index (χ1n) is 5.34. The van der Waals surface area contributed by atoms with Crippen LogP contribution in [0.3, 0.4) is 0 Å². The normalized spacial score (nSPS) is 12.4. The highest BCUT2D eigenvalue weighted by atomic mass is 35.5. The van der Waals surface area contributed by atoms with E-state index in [1.54, 1.807) is 6.07 Å². The third kappa shape index (κ3) is 2.70. The van der Waals surface area contributed by atoms with E-state index < -0.39 is 0 Å². The van der Waals surface area contributed by atoms with E-state index in [0.29, 0.717) is 16.9 Å². The largest absolute Gasteiger partial charge is 0.469 e. The minimum Gasteiger partial charge on any atom is -0.469 e. The number of furan rings is 1. The molecule has 0 unspecified atom stereocenters. The lowest BCUT2D eigenvalue weighted by Crippen LogP contribution is -2.21. The number of esters is 1. The Morgan fingerprint density at radius 2 is 2.39 bits per heavy atom. The van der Waals surface area contributed by atoms with Crippen molar-refractivity contribution in [2.24, 2.45) is 0 Å². The van der Waals surface area contributed by atoms with Crippen LogP contribution in [0.5, 0.6) is 0 Å². The highest BCUT2D eigenvalue weighted by Crippen LogP contribution is 2.23. The molecule has 2 aromatic heterocycles. The Kier molecular flexibility index (Phi) is 3.66. The molecule has 0 bridgehead atoms. The number of hydrogen-bond acceptors (Lipinski definition) is 6. The van der Waals surface area contributed by atoms with Gasteiger partial charge in [0, 0.05) is 12.1 Å². The van der Waals surface area contributed by atoms with E-state index in [-0.39, 0.29) is 23.7 Å². The van der Waals surface area contributed by atoms with Gasteiger partial charge in [0.2, 0.25) is 5.28 Å². The van der Waals surface area contributed by atoms with E-state index in [2.05, 4.69) is 20.0 Å². The van der Waals surface area contributed by atoms with Gasteiger partial charge in [0.05, 0.1) is 19.8 Å². The lowest BCUT2D eigenvalue weighted by molar-refractivity contribution is -0.140. The molecule has 0 aliphatic carbocycles. The molecular weight excluding hydrogens is 258 g/mol. The maximum Gasteiger partial charge on any atom is 0.307 e. The van der Waals surface area contributed by atoms with Gasteiger partial charge in [-0.25, -0.2) is 4.98 Å². The van der Waals surface area contributed by atoms with E-state index in [4.69, 9.17) is 16.0 Å². The maximum absolute atomic E-state index is 11.1. The van der Waals surface area contributed by atoms with Gasteiger partial charge in [-0.1, -0.05) is 0 Å². The summed E-state index contributed by atoms with van der Waals surface area (Å²) in [5.74, 6) is 0.164. The fourth-order valence-electron chi connectivity index (χ4n) is 1.55. The molecule has 1 atom stereocenters. The highest BCUT2D eigenvalue weighted by molar-refractivity contribution is 6.28. The zero-order valence-electron chi connectivity index (χ0n) is 9.94. The van der Waals surface area contributed by atoms with Gasteiger partial charge >= 0.3 is 5.97 Å². The van der Waals surface area contributed by atoms with E-state index in [0.717, 1.165) is 0 Å². The Morgan fingerprint density at radius 3 is 3.11 bits per heavy atom. The number of halogens is 1. The SMILES string of the molecule is COC(=O)C[C@@H](C)Nc1nc(Cl)nc2ccoc12. The number of carbonyl (C=O) groups excluding carboxylic acids is 1. The lowest BCUT2D eigenvalue weighted by atomic mass is 10.2. The fraction of sp³-hybridized carbons (Fsp3) is 0.364. The van der Waals surface area contributed by atoms with Crippen molar-refractivity contribution in [3.05, 3.63) is 17.6 Å². The third-order valence-electron chi connectivity index (χ3n) is 2.36. The van der Waals surface area contributed by atoms with Crippen molar-refractivity contribution < 1.29 is 13.9 Å². The van der Waals surface area contributed by atoms with Crippen molar-refractivity contribution >= 4 is 34.5 Å². The summed E-state index contributed by atoms with van der Waals surface area (Å²) in [4.78, 5) is 19.2. The summed E-state index contributed by atoms with van der Waals surface area (Å²) in [5, 5.41) is 3.17. The summed E-state index contributed by atoms with van der Waals surface area (Å²) >= 11 is 5.80. The predicted octanol–water partition coefficient (Wildman–Crippen LogP) is 2.24. The Labute approximate surface area is 108 Å². The number of ether oxygens (including phenoxy) is 1. The van der Waals surface area contributed by atoms with Crippen LogP contribution in [0, 0.1) is 0 Å². The minimum absolute atomic E-state index is 0.122. The first-order valence-corrected chi connectivity index (χ1v) is 5.72. The summed E-state index contributed by atoms with van der Waals surface area (Å²) in [5.41, 5.74) is 1.12. The molecule has 0 radical (unpaired) electrons. The first kappa shape index (κ1) is 12.6. The zero-order valence-corrected chi connectivity index (χ0v) is 10.7. The van der Waals surface area contributed by atoms with Crippen molar-refractivity contribution in [2.75, 3.05) is 12.4 Å². The van der Waals surface area contributed by atoms with Crippen LogP contribution in [0.1, 0.15) is 13.3 Å². The third-order valence-corrected chi connectivity index (χ3v) is 2.53. The fourth-order valence-corrected chi connectivity index (χ4v) is 1.73. The van der Waals surface area contributed by atoms with Crippen molar-refractivity contribution in [3.63, 3.8) is 0 Å². The van der Waals surface area contributed by atoms with Gasteiger partial charge in [-0.15, -0.1) is 0 Å². The number of nitrogens with one attached hydrogen (secondary N) is 1. The molecule has 0 saturated heterocycles. The molecule has 0 aliphatic heterocycles. The smallest absolute Gasteiger partial charge is 0.307 e.